The Balaban J connectivity index is 3.99. The highest BCUT2D eigenvalue weighted by Gasteiger charge is 2.28. The van der Waals surface area contributed by atoms with Crippen molar-refractivity contribution in [2.45, 2.75) is 83.8 Å². The van der Waals surface area contributed by atoms with Gasteiger partial charge in [0.05, 0.1) is 19.6 Å². The van der Waals surface area contributed by atoms with Crippen LogP contribution in [0.3, 0.4) is 0 Å². The second kappa shape index (κ2) is 28.2. The highest BCUT2D eigenvalue weighted by molar-refractivity contribution is 7.47. The summed E-state index contributed by atoms with van der Waals surface area (Å²) in [7, 11) is -4.74. The van der Waals surface area contributed by atoms with E-state index in [2.05, 4.69) is 82.0 Å². The molecule has 12 heteroatoms. The van der Waals surface area contributed by atoms with Gasteiger partial charge in [-0.3, -0.25) is 18.6 Å². The van der Waals surface area contributed by atoms with E-state index < -0.39 is 57.6 Å². The molecular weight excluding hydrogens is 601 g/mol. The van der Waals surface area contributed by atoms with Crippen molar-refractivity contribution < 1.29 is 47.8 Å². The number of phosphoric ester groups is 1. The van der Waals surface area contributed by atoms with Crippen LogP contribution < -0.4 is 5.32 Å². The van der Waals surface area contributed by atoms with Crippen LogP contribution in [0.1, 0.15) is 71.6 Å². The Hall–Kier alpha value is -3.34. The third kappa shape index (κ3) is 27.9. The lowest BCUT2D eigenvalue weighted by Gasteiger charge is -2.18. The highest BCUT2D eigenvalue weighted by atomic mass is 31.2. The predicted molar refractivity (Wildman–Crippen MR) is 175 cm³/mol. The molecular formula is C33H50NO10P. The molecule has 0 aromatic rings. The normalized spacial score (nSPS) is 15.3. The smallest absolute Gasteiger partial charge is 0.472 e. The second-order valence-corrected chi connectivity index (χ2v) is 11.0. The van der Waals surface area contributed by atoms with E-state index >= 15 is 0 Å². The van der Waals surface area contributed by atoms with E-state index in [0.717, 1.165) is 38.5 Å². The zero-order valence-electron chi connectivity index (χ0n) is 26.4. The number of hydrogen-bond acceptors (Lipinski definition) is 8. The van der Waals surface area contributed by atoms with Gasteiger partial charge < -0.3 is 25.2 Å². The summed E-state index contributed by atoms with van der Waals surface area (Å²) in [6.45, 7) is 1.62. The van der Waals surface area contributed by atoms with Crippen LogP contribution in [0.25, 0.3) is 0 Å². The fourth-order valence-electron chi connectivity index (χ4n) is 3.13. The molecule has 0 aliphatic rings. The second-order valence-electron chi connectivity index (χ2n) is 9.54. The van der Waals surface area contributed by atoms with Crippen LogP contribution in [-0.4, -0.2) is 64.9 Å². The van der Waals surface area contributed by atoms with Crippen LogP contribution in [-0.2, 0) is 32.7 Å². The quantitative estimate of drug-likeness (QED) is 0.0492. The molecule has 0 saturated heterocycles. The maximum absolute atomic E-state index is 11.9. The first-order valence-corrected chi connectivity index (χ1v) is 16.6. The van der Waals surface area contributed by atoms with Gasteiger partial charge in [-0.2, -0.15) is 0 Å². The number of carboxylic acids is 1. The van der Waals surface area contributed by atoms with Gasteiger partial charge in [0, 0.05) is 6.42 Å². The first-order valence-electron chi connectivity index (χ1n) is 15.1. The molecule has 45 heavy (non-hydrogen) atoms. The zero-order chi connectivity index (χ0) is 33.6. The van der Waals surface area contributed by atoms with Crippen LogP contribution in [0.4, 0.5) is 0 Å². The maximum atomic E-state index is 11.9. The number of carbonyl (C=O) groups is 3. The fourth-order valence-corrected chi connectivity index (χ4v) is 3.90. The molecule has 0 rings (SSSR count). The number of ether oxygens (including phenoxy) is 1. The predicted octanol–water partition coefficient (Wildman–Crippen LogP) is 6.04. The van der Waals surface area contributed by atoms with E-state index in [9.17, 15) is 28.9 Å². The number of hydrogen-bond donors (Lipinski definition) is 4. The summed E-state index contributed by atoms with van der Waals surface area (Å²) in [5.74, 6) is -2.65. The molecule has 4 N–H and O–H groups in total. The van der Waals surface area contributed by atoms with Crippen LogP contribution >= 0.6 is 7.82 Å². The Morgan fingerprint density at radius 2 is 1.11 bits per heavy atom. The highest BCUT2D eigenvalue weighted by Crippen LogP contribution is 2.43. The number of aliphatic carboxylic acids is 1. The Morgan fingerprint density at radius 3 is 1.53 bits per heavy atom. The molecule has 3 unspecified atom stereocenters. The van der Waals surface area contributed by atoms with Gasteiger partial charge >= 0.3 is 19.8 Å². The van der Waals surface area contributed by atoms with E-state index in [0.29, 0.717) is 6.42 Å². The molecule has 0 bridgehead atoms. The molecule has 0 radical (unpaired) electrons. The number of nitrogens with one attached hydrogen (secondary N) is 1. The van der Waals surface area contributed by atoms with Crippen molar-refractivity contribution in [1.29, 1.82) is 0 Å². The van der Waals surface area contributed by atoms with Gasteiger partial charge in [-0.05, 0) is 44.9 Å². The summed E-state index contributed by atoms with van der Waals surface area (Å²) < 4.78 is 26.0. The number of allylic oxidation sites excluding steroid dienone is 13. The summed E-state index contributed by atoms with van der Waals surface area (Å²) in [4.78, 5) is 43.9. The van der Waals surface area contributed by atoms with E-state index in [-0.39, 0.29) is 12.8 Å². The minimum Gasteiger partial charge on any atom is -0.480 e. The third-order valence-corrected chi connectivity index (χ3v) is 6.50. The average Bonchev–Trinajstić information content (AvgIpc) is 3.01. The van der Waals surface area contributed by atoms with Crippen molar-refractivity contribution in [3.63, 3.8) is 0 Å². The molecule has 0 aromatic heterocycles. The average molecular weight is 652 g/mol. The third-order valence-electron chi connectivity index (χ3n) is 5.55. The Kier molecular flexibility index (Phi) is 26.1. The van der Waals surface area contributed by atoms with Gasteiger partial charge in [-0.1, -0.05) is 98.9 Å². The van der Waals surface area contributed by atoms with Crippen LogP contribution in [0.15, 0.2) is 85.1 Å². The molecule has 3 atom stereocenters. The van der Waals surface area contributed by atoms with Crippen LogP contribution in [0, 0.1) is 0 Å². The van der Waals surface area contributed by atoms with Crippen LogP contribution in [0.5, 0.6) is 0 Å². The summed E-state index contributed by atoms with van der Waals surface area (Å²) in [5.41, 5.74) is 0. The number of aliphatic hydroxyl groups excluding tert-OH is 1. The molecule has 0 aliphatic carbocycles. The van der Waals surface area contributed by atoms with Gasteiger partial charge in [-0.25, -0.2) is 9.36 Å². The van der Waals surface area contributed by atoms with E-state index in [4.69, 9.17) is 9.84 Å². The lowest BCUT2D eigenvalue weighted by molar-refractivity contribution is -0.146. The van der Waals surface area contributed by atoms with Gasteiger partial charge in [0.25, 0.3) is 0 Å². The number of carboxylic acid groups (broad SMARTS) is 1. The summed E-state index contributed by atoms with van der Waals surface area (Å²) in [5, 5.41) is 21.0. The van der Waals surface area contributed by atoms with Gasteiger partial charge in [0.1, 0.15) is 12.7 Å². The standard InChI is InChI=1S/C33H50NO10P/c1-3-5-6-7-8-9-10-11-12-13-14-15-16-17-18-19-20-21-22-23-24-25-32(37)42-26-29(35)27-43-45(40,41)44-28-30(33(38)39)34-31(36)4-2/h5-6,8-9,11-12,14-15,17-18,20-21,23-24,29-30,35H,3-4,7,10,13,16,19,22,25-28H2,1-2H3,(H,34,36)(H,38,39)(H,40,41)/b6-5-,9-8-,12-11-,15-14-,18-17-,21-20-,24-23-. The molecule has 0 spiro atoms. The van der Waals surface area contributed by atoms with E-state index in [1.165, 1.54) is 6.92 Å². The lowest BCUT2D eigenvalue weighted by Crippen LogP contribution is -2.43. The first-order chi connectivity index (χ1) is 21.6. The van der Waals surface area contributed by atoms with Crippen molar-refractivity contribution in [3.05, 3.63) is 85.1 Å². The number of aliphatic hydroxyl groups is 1. The van der Waals surface area contributed by atoms with Crippen molar-refractivity contribution in [2.24, 2.45) is 0 Å². The van der Waals surface area contributed by atoms with Gasteiger partial charge in [-0.15, -0.1) is 0 Å². The van der Waals surface area contributed by atoms with Crippen molar-refractivity contribution in [1.82, 2.24) is 5.32 Å². The summed E-state index contributed by atoms with van der Waals surface area (Å²) in [6.07, 6.45) is 33.9. The van der Waals surface area contributed by atoms with Crippen molar-refractivity contribution in [3.8, 4) is 0 Å². The molecule has 0 aromatic carbocycles. The molecule has 0 heterocycles. The topological polar surface area (TPSA) is 169 Å². The molecule has 252 valence electrons. The van der Waals surface area contributed by atoms with E-state index in [1.54, 1.807) is 6.08 Å². The monoisotopic (exact) mass is 651 g/mol. The molecule has 0 fully saturated rings. The number of rotatable bonds is 26. The maximum Gasteiger partial charge on any atom is 0.472 e. The minimum atomic E-state index is -4.74. The van der Waals surface area contributed by atoms with Gasteiger partial charge in [0.15, 0.2) is 6.04 Å². The Morgan fingerprint density at radius 1 is 0.689 bits per heavy atom. The van der Waals surface area contributed by atoms with E-state index in [1.807, 2.05) is 18.2 Å². The zero-order valence-corrected chi connectivity index (χ0v) is 27.3. The summed E-state index contributed by atoms with van der Waals surface area (Å²) in [6, 6.07) is -1.56. The molecule has 0 saturated carbocycles. The number of esters is 1. The SMILES string of the molecule is CC/C=C\C/C=C\C/C=C\C/C=C\C/C=C\C/C=C\C/C=C\CC(=O)OCC(O)COP(=O)(O)OCC(NC(=O)CC)C(=O)O. The fraction of sp³-hybridized carbons (Fsp3) is 0.485. The van der Waals surface area contributed by atoms with Gasteiger partial charge in [0.2, 0.25) is 5.91 Å². The van der Waals surface area contributed by atoms with Crippen molar-refractivity contribution >= 4 is 25.7 Å². The number of carbonyl (C=O) groups excluding carboxylic acids is 2. The lowest BCUT2D eigenvalue weighted by atomic mass is 10.2. The first kappa shape index (κ1) is 41.7. The molecule has 0 aliphatic heterocycles. The Bertz CT molecular complexity index is 1090. The van der Waals surface area contributed by atoms with Crippen LogP contribution in [0.2, 0.25) is 0 Å². The van der Waals surface area contributed by atoms with Crippen molar-refractivity contribution in [2.75, 3.05) is 19.8 Å². The molecule has 1 amide bonds. The number of amides is 1. The number of phosphoric acid groups is 1. The Labute approximate surface area is 267 Å². The largest absolute Gasteiger partial charge is 0.480 e. The minimum absolute atomic E-state index is 0.0151. The molecule has 11 nitrogen and oxygen atoms in total. The summed E-state index contributed by atoms with van der Waals surface area (Å²) >= 11 is 0.